The van der Waals surface area contributed by atoms with Gasteiger partial charge >= 0.3 is 39.5 Å². The summed E-state index contributed by atoms with van der Waals surface area (Å²) < 4.78 is 68.2. The zero-order chi connectivity index (χ0) is 66.3. The van der Waals surface area contributed by atoms with E-state index in [1.807, 2.05) is 0 Å². The molecular formula is C71H138O17P2. The fourth-order valence-corrected chi connectivity index (χ4v) is 12.4. The molecule has 0 saturated heterocycles. The summed E-state index contributed by atoms with van der Waals surface area (Å²) in [6.07, 6.45) is 51.7. The molecule has 0 bridgehead atoms. The van der Waals surface area contributed by atoms with E-state index in [1.54, 1.807) is 0 Å². The van der Waals surface area contributed by atoms with E-state index < -0.39 is 97.5 Å². The van der Waals surface area contributed by atoms with Crippen LogP contribution in [0.5, 0.6) is 0 Å². The number of hydrogen-bond donors (Lipinski definition) is 3. The summed E-state index contributed by atoms with van der Waals surface area (Å²) in [7, 11) is -9.89. The van der Waals surface area contributed by atoms with Gasteiger partial charge < -0.3 is 33.8 Å². The Labute approximate surface area is 549 Å². The first-order valence-corrected chi connectivity index (χ1v) is 40.1. The van der Waals surface area contributed by atoms with Gasteiger partial charge in [-0.05, 0) is 31.6 Å². The Bertz CT molecular complexity index is 1740. The van der Waals surface area contributed by atoms with Crippen molar-refractivity contribution < 1.29 is 80.2 Å². The normalized spacial score (nSPS) is 14.1. The molecule has 534 valence electrons. The highest BCUT2D eigenvalue weighted by Gasteiger charge is 2.30. The Kier molecular flexibility index (Phi) is 63.0. The van der Waals surface area contributed by atoms with Crippen molar-refractivity contribution in [2.24, 2.45) is 5.92 Å². The van der Waals surface area contributed by atoms with Crippen molar-refractivity contribution in [3.8, 4) is 0 Å². The Morgan fingerprint density at radius 1 is 0.300 bits per heavy atom. The third-order valence-corrected chi connectivity index (χ3v) is 18.4. The van der Waals surface area contributed by atoms with Crippen molar-refractivity contribution >= 4 is 39.5 Å². The predicted octanol–water partition coefficient (Wildman–Crippen LogP) is 20.5. The lowest BCUT2D eigenvalue weighted by Gasteiger charge is -2.21. The topological polar surface area (TPSA) is 237 Å². The largest absolute Gasteiger partial charge is 0.472 e. The quantitative estimate of drug-likeness (QED) is 0.0222. The van der Waals surface area contributed by atoms with Gasteiger partial charge in [0.1, 0.15) is 19.3 Å². The monoisotopic (exact) mass is 1320 g/mol. The standard InChI is InChI=1S/C71H138O17P2/c1-6-9-12-15-18-20-22-24-26-28-29-31-33-35-37-40-46-51-56-70(75)87-66(61-82-69(74)55-50-45-39-36-34-32-30-27-25-23-21-19-16-13-10-7-2)62-85-89(77,78)83-58-65(72)59-84-90(79,80)86-63-67(60-81-68(73)54-49-44-38-17-14-11-8-3)88-71(76)57-52-47-42-41-43-48-53-64(4)5/h64-67,72H,6-63H2,1-5H3,(H,77,78)(H,79,80)/t65-,66-,67-/m1/s1. The number of esters is 4. The van der Waals surface area contributed by atoms with Gasteiger partial charge in [-0.15, -0.1) is 0 Å². The van der Waals surface area contributed by atoms with Crippen LogP contribution in [0.1, 0.15) is 369 Å². The highest BCUT2D eigenvalue weighted by Crippen LogP contribution is 2.45. The Hall–Kier alpha value is -1.94. The zero-order valence-electron chi connectivity index (χ0n) is 58.3. The number of phosphoric acid groups is 2. The van der Waals surface area contributed by atoms with Crippen molar-refractivity contribution in [1.29, 1.82) is 0 Å². The maximum absolute atomic E-state index is 13.0. The van der Waals surface area contributed by atoms with Crippen LogP contribution in [0.4, 0.5) is 0 Å². The van der Waals surface area contributed by atoms with Gasteiger partial charge in [-0.2, -0.15) is 0 Å². The summed E-state index contributed by atoms with van der Waals surface area (Å²) in [5.41, 5.74) is 0. The molecule has 0 aliphatic rings. The minimum atomic E-state index is -4.95. The average Bonchev–Trinajstić information content (AvgIpc) is 3.11. The second-order valence-corrected chi connectivity index (χ2v) is 29.0. The molecule has 0 aromatic carbocycles. The average molecular weight is 1330 g/mol. The molecule has 0 aromatic heterocycles. The van der Waals surface area contributed by atoms with Gasteiger partial charge in [-0.1, -0.05) is 317 Å². The number of rotatable bonds is 71. The van der Waals surface area contributed by atoms with Crippen molar-refractivity contribution in [2.45, 2.75) is 387 Å². The van der Waals surface area contributed by atoms with Crippen LogP contribution < -0.4 is 0 Å². The van der Waals surface area contributed by atoms with Crippen molar-refractivity contribution in [1.82, 2.24) is 0 Å². The van der Waals surface area contributed by atoms with Crippen LogP contribution >= 0.6 is 15.6 Å². The molecule has 0 aliphatic heterocycles. The Morgan fingerprint density at radius 3 is 0.756 bits per heavy atom. The number of phosphoric ester groups is 2. The highest BCUT2D eigenvalue weighted by atomic mass is 31.2. The molecule has 5 atom stereocenters. The lowest BCUT2D eigenvalue weighted by molar-refractivity contribution is -0.161. The summed E-state index contributed by atoms with van der Waals surface area (Å²) >= 11 is 0. The molecule has 0 fully saturated rings. The molecule has 17 nitrogen and oxygen atoms in total. The molecule has 0 heterocycles. The van der Waals surface area contributed by atoms with E-state index in [9.17, 15) is 43.2 Å². The second-order valence-electron chi connectivity index (χ2n) is 26.1. The molecule has 0 aliphatic carbocycles. The Morgan fingerprint density at radius 2 is 0.511 bits per heavy atom. The fraction of sp³-hybridized carbons (Fsp3) is 0.944. The van der Waals surface area contributed by atoms with E-state index in [0.717, 1.165) is 103 Å². The predicted molar refractivity (Wildman–Crippen MR) is 363 cm³/mol. The molecule has 0 aromatic rings. The molecule has 0 spiro atoms. The van der Waals surface area contributed by atoms with Gasteiger partial charge in [0, 0.05) is 25.7 Å². The number of aliphatic hydroxyl groups excluding tert-OH is 1. The molecule has 90 heavy (non-hydrogen) atoms. The van der Waals surface area contributed by atoms with Gasteiger partial charge in [-0.25, -0.2) is 9.13 Å². The van der Waals surface area contributed by atoms with Crippen LogP contribution in [-0.2, 0) is 65.4 Å². The van der Waals surface area contributed by atoms with Gasteiger partial charge in [0.05, 0.1) is 26.4 Å². The van der Waals surface area contributed by atoms with Crippen molar-refractivity contribution in [3.05, 3.63) is 0 Å². The number of carbonyl (C=O) groups excluding carboxylic acids is 4. The van der Waals surface area contributed by atoms with Crippen LogP contribution in [0.3, 0.4) is 0 Å². The molecule has 0 amide bonds. The molecule has 0 radical (unpaired) electrons. The maximum atomic E-state index is 13.0. The van der Waals surface area contributed by atoms with Crippen LogP contribution in [0, 0.1) is 5.92 Å². The van der Waals surface area contributed by atoms with E-state index in [1.165, 1.54) is 180 Å². The van der Waals surface area contributed by atoms with Crippen molar-refractivity contribution in [2.75, 3.05) is 39.6 Å². The maximum Gasteiger partial charge on any atom is 0.472 e. The first-order chi connectivity index (χ1) is 43.5. The summed E-state index contributed by atoms with van der Waals surface area (Å²) in [4.78, 5) is 72.4. The van der Waals surface area contributed by atoms with Crippen LogP contribution in [0.2, 0.25) is 0 Å². The molecular weight excluding hydrogens is 1190 g/mol. The van der Waals surface area contributed by atoms with Gasteiger partial charge in [0.2, 0.25) is 0 Å². The molecule has 3 N–H and O–H groups in total. The molecule has 19 heteroatoms. The van der Waals surface area contributed by atoms with Gasteiger partial charge in [0.15, 0.2) is 12.2 Å². The fourth-order valence-electron chi connectivity index (χ4n) is 10.8. The van der Waals surface area contributed by atoms with E-state index in [2.05, 4.69) is 34.6 Å². The number of aliphatic hydroxyl groups is 1. The molecule has 2 unspecified atom stereocenters. The summed E-state index contributed by atoms with van der Waals surface area (Å²) in [6, 6.07) is 0. The van der Waals surface area contributed by atoms with E-state index in [0.29, 0.717) is 31.6 Å². The summed E-state index contributed by atoms with van der Waals surface area (Å²) in [6.45, 7) is 7.12. The van der Waals surface area contributed by atoms with Crippen molar-refractivity contribution in [3.63, 3.8) is 0 Å². The number of hydrogen-bond acceptors (Lipinski definition) is 15. The van der Waals surface area contributed by atoms with Crippen LogP contribution in [0.15, 0.2) is 0 Å². The minimum Gasteiger partial charge on any atom is -0.462 e. The first-order valence-electron chi connectivity index (χ1n) is 37.1. The van der Waals surface area contributed by atoms with E-state index in [-0.39, 0.29) is 25.7 Å². The summed E-state index contributed by atoms with van der Waals surface area (Å²) in [5, 5.41) is 10.6. The second kappa shape index (κ2) is 64.4. The lowest BCUT2D eigenvalue weighted by atomic mass is 10.0. The third kappa shape index (κ3) is 64.8. The minimum absolute atomic E-state index is 0.102. The number of ether oxygens (including phenoxy) is 4. The highest BCUT2D eigenvalue weighted by molar-refractivity contribution is 7.47. The molecule has 0 rings (SSSR count). The first kappa shape index (κ1) is 88.1. The van der Waals surface area contributed by atoms with Crippen LogP contribution in [-0.4, -0.2) is 96.7 Å². The zero-order valence-corrected chi connectivity index (χ0v) is 60.1. The number of carbonyl (C=O) groups is 4. The molecule has 0 saturated carbocycles. The lowest BCUT2D eigenvalue weighted by Crippen LogP contribution is -2.30. The SMILES string of the molecule is CCCCCCCCCCCCCCCCCCCCC(=O)O[C@H](COC(=O)CCCCCCCCCCCCCCCCCC)COP(=O)(O)OC[C@@H](O)COP(=O)(O)OC[C@@H](COC(=O)CCCCCCCCC)OC(=O)CCCCCCCCC(C)C. The Balaban J connectivity index is 5.17. The summed E-state index contributed by atoms with van der Waals surface area (Å²) in [5.74, 6) is -1.46. The van der Waals surface area contributed by atoms with E-state index >= 15 is 0 Å². The van der Waals surface area contributed by atoms with Gasteiger partial charge in [-0.3, -0.25) is 37.3 Å². The number of unbranched alkanes of at least 4 members (excludes halogenated alkanes) is 43. The smallest absolute Gasteiger partial charge is 0.462 e. The van der Waals surface area contributed by atoms with E-state index in [4.69, 9.17) is 37.0 Å². The van der Waals surface area contributed by atoms with Crippen LogP contribution in [0.25, 0.3) is 0 Å². The third-order valence-electron chi connectivity index (χ3n) is 16.5. The van der Waals surface area contributed by atoms with Gasteiger partial charge in [0.25, 0.3) is 0 Å².